The van der Waals surface area contributed by atoms with Crippen molar-refractivity contribution in [2.75, 3.05) is 11.9 Å². The van der Waals surface area contributed by atoms with Gasteiger partial charge in [0.05, 0.1) is 10.7 Å². The second kappa shape index (κ2) is 6.72. The number of carbonyl (C=O) groups is 1. The fraction of sp³-hybridized carbons (Fsp3) is 0.417. The number of carbonyl (C=O) groups excluding carboxylic acids is 1. The Hall–Kier alpha value is -0.930. The molecule has 0 aliphatic heterocycles. The molecule has 5 heteroatoms. The molecule has 0 heterocycles. The molecular formula is C12H16Cl2N2O. The largest absolute Gasteiger partial charge is 0.383 e. The van der Waals surface area contributed by atoms with Crippen LogP contribution in [0.15, 0.2) is 18.2 Å². The average Bonchev–Trinajstić information content (AvgIpc) is 2.20. The van der Waals surface area contributed by atoms with Gasteiger partial charge in [-0.15, -0.1) is 0 Å². The van der Waals surface area contributed by atoms with Crippen LogP contribution in [0.5, 0.6) is 0 Å². The third-order valence-corrected chi connectivity index (χ3v) is 2.60. The van der Waals surface area contributed by atoms with Gasteiger partial charge in [-0.2, -0.15) is 0 Å². The van der Waals surface area contributed by atoms with E-state index in [1.807, 2.05) is 13.8 Å². The fourth-order valence-corrected chi connectivity index (χ4v) is 1.81. The van der Waals surface area contributed by atoms with Gasteiger partial charge in [0.25, 0.3) is 0 Å². The molecule has 94 valence electrons. The van der Waals surface area contributed by atoms with Crippen molar-refractivity contribution in [3.8, 4) is 0 Å². The highest BCUT2D eigenvalue weighted by Gasteiger charge is 2.04. The van der Waals surface area contributed by atoms with Crippen molar-refractivity contribution >= 4 is 34.8 Å². The molecule has 0 atom stereocenters. The number of hydrogen-bond donors (Lipinski definition) is 2. The van der Waals surface area contributed by atoms with Crippen molar-refractivity contribution in [2.24, 2.45) is 0 Å². The van der Waals surface area contributed by atoms with Gasteiger partial charge in [-0.3, -0.25) is 4.79 Å². The normalized spacial score (nSPS) is 10.4. The van der Waals surface area contributed by atoms with Crippen LogP contribution in [-0.2, 0) is 4.79 Å². The van der Waals surface area contributed by atoms with Crippen molar-refractivity contribution in [2.45, 2.75) is 26.3 Å². The van der Waals surface area contributed by atoms with Gasteiger partial charge in [0.1, 0.15) is 0 Å². The maximum atomic E-state index is 11.4. The third-order valence-electron chi connectivity index (χ3n) is 2.05. The molecule has 0 radical (unpaired) electrons. The van der Waals surface area contributed by atoms with Crippen LogP contribution in [0, 0.1) is 0 Å². The van der Waals surface area contributed by atoms with E-state index < -0.39 is 0 Å². The summed E-state index contributed by atoms with van der Waals surface area (Å²) in [6.07, 6.45) is 0.414. The number of rotatable bonds is 5. The standard InChI is InChI=1S/C12H16Cl2N2O/c1-8(2)16-12(17)5-6-15-11-4-3-9(13)7-10(11)14/h3-4,7-8,15H,5-6H2,1-2H3,(H,16,17). The maximum Gasteiger partial charge on any atom is 0.221 e. The molecule has 0 aromatic heterocycles. The van der Waals surface area contributed by atoms with Crippen molar-refractivity contribution < 1.29 is 4.79 Å². The first kappa shape index (κ1) is 14.1. The molecule has 1 aromatic rings. The van der Waals surface area contributed by atoms with Crippen LogP contribution in [0.1, 0.15) is 20.3 Å². The second-order valence-electron chi connectivity index (χ2n) is 4.02. The summed E-state index contributed by atoms with van der Waals surface area (Å²) in [6, 6.07) is 5.39. The zero-order chi connectivity index (χ0) is 12.8. The van der Waals surface area contributed by atoms with Gasteiger partial charge in [0.2, 0.25) is 5.91 Å². The predicted octanol–water partition coefficient (Wildman–Crippen LogP) is 3.32. The number of benzene rings is 1. The minimum absolute atomic E-state index is 0.0255. The molecule has 0 spiro atoms. The number of anilines is 1. The van der Waals surface area contributed by atoms with Crippen LogP contribution in [0.2, 0.25) is 10.0 Å². The van der Waals surface area contributed by atoms with Gasteiger partial charge in [-0.05, 0) is 32.0 Å². The predicted molar refractivity (Wildman–Crippen MR) is 72.8 cm³/mol. The lowest BCUT2D eigenvalue weighted by Crippen LogP contribution is -2.31. The molecule has 3 nitrogen and oxygen atoms in total. The van der Waals surface area contributed by atoms with Crippen molar-refractivity contribution in [3.05, 3.63) is 28.2 Å². The smallest absolute Gasteiger partial charge is 0.221 e. The SMILES string of the molecule is CC(C)NC(=O)CCNc1ccc(Cl)cc1Cl. The average molecular weight is 275 g/mol. The summed E-state index contributed by atoms with van der Waals surface area (Å²) in [7, 11) is 0. The van der Waals surface area contributed by atoms with Gasteiger partial charge < -0.3 is 10.6 Å². The molecule has 2 N–H and O–H groups in total. The molecule has 0 aliphatic carbocycles. The van der Waals surface area contributed by atoms with E-state index in [1.165, 1.54) is 0 Å². The topological polar surface area (TPSA) is 41.1 Å². The highest BCUT2D eigenvalue weighted by Crippen LogP contribution is 2.25. The van der Waals surface area contributed by atoms with Gasteiger partial charge in [-0.1, -0.05) is 23.2 Å². The first-order valence-electron chi connectivity index (χ1n) is 5.47. The summed E-state index contributed by atoms with van der Waals surface area (Å²) in [5.74, 6) is 0.0255. The maximum absolute atomic E-state index is 11.4. The lowest BCUT2D eigenvalue weighted by Gasteiger charge is -2.10. The van der Waals surface area contributed by atoms with Crippen LogP contribution in [0.25, 0.3) is 0 Å². The van der Waals surface area contributed by atoms with E-state index >= 15 is 0 Å². The zero-order valence-corrected chi connectivity index (χ0v) is 11.4. The third kappa shape index (κ3) is 5.29. The Kier molecular flexibility index (Phi) is 5.59. The van der Waals surface area contributed by atoms with E-state index in [9.17, 15) is 4.79 Å². The zero-order valence-electron chi connectivity index (χ0n) is 9.89. The van der Waals surface area contributed by atoms with Gasteiger partial charge in [0.15, 0.2) is 0 Å². The highest BCUT2D eigenvalue weighted by molar-refractivity contribution is 6.36. The molecule has 1 amide bonds. The molecule has 0 aliphatic rings. The Morgan fingerprint density at radius 1 is 1.35 bits per heavy atom. The molecule has 0 unspecified atom stereocenters. The molecule has 1 rings (SSSR count). The summed E-state index contributed by atoms with van der Waals surface area (Å²) in [4.78, 5) is 11.4. The van der Waals surface area contributed by atoms with Gasteiger partial charge in [-0.25, -0.2) is 0 Å². The Labute approximate surface area is 111 Å². The molecule has 17 heavy (non-hydrogen) atoms. The number of nitrogens with one attached hydrogen (secondary N) is 2. The first-order valence-corrected chi connectivity index (χ1v) is 6.23. The van der Waals surface area contributed by atoms with Crippen LogP contribution in [0.3, 0.4) is 0 Å². The van der Waals surface area contributed by atoms with E-state index in [0.29, 0.717) is 23.0 Å². The monoisotopic (exact) mass is 274 g/mol. The van der Waals surface area contributed by atoms with Crippen LogP contribution < -0.4 is 10.6 Å². The van der Waals surface area contributed by atoms with Crippen molar-refractivity contribution in [3.63, 3.8) is 0 Å². The Morgan fingerprint density at radius 3 is 2.65 bits per heavy atom. The van der Waals surface area contributed by atoms with Crippen LogP contribution >= 0.6 is 23.2 Å². The summed E-state index contributed by atoms with van der Waals surface area (Å²) in [6.45, 7) is 4.41. The Bertz CT molecular complexity index is 394. The van der Waals surface area contributed by atoms with E-state index in [2.05, 4.69) is 10.6 Å². The van der Waals surface area contributed by atoms with E-state index in [-0.39, 0.29) is 11.9 Å². The molecule has 0 saturated carbocycles. The minimum Gasteiger partial charge on any atom is -0.383 e. The lowest BCUT2D eigenvalue weighted by atomic mass is 10.3. The van der Waals surface area contributed by atoms with Crippen molar-refractivity contribution in [1.82, 2.24) is 5.32 Å². The molecular weight excluding hydrogens is 259 g/mol. The molecule has 0 fully saturated rings. The summed E-state index contributed by atoms with van der Waals surface area (Å²) >= 11 is 11.8. The quantitative estimate of drug-likeness (QED) is 0.865. The Morgan fingerprint density at radius 2 is 2.06 bits per heavy atom. The minimum atomic E-state index is 0.0255. The van der Waals surface area contributed by atoms with Crippen molar-refractivity contribution in [1.29, 1.82) is 0 Å². The fourth-order valence-electron chi connectivity index (χ4n) is 1.34. The van der Waals surface area contributed by atoms with E-state index in [4.69, 9.17) is 23.2 Å². The van der Waals surface area contributed by atoms with Crippen LogP contribution in [0.4, 0.5) is 5.69 Å². The van der Waals surface area contributed by atoms with Gasteiger partial charge >= 0.3 is 0 Å². The van der Waals surface area contributed by atoms with E-state index in [0.717, 1.165) is 5.69 Å². The second-order valence-corrected chi connectivity index (χ2v) is 4.87. The summed E-state index contributed by atoms with van der Waals surface area (Å²) in [5.41, 5.74) is 0.786. The summed E-state index contributed by atoms with van der Waals surface area (Å²) in [5, 5.41) is 7.07. The first-order chi connectivity index (χ1) is 7.99. The Balaban J connectivity index is 2.38. The van der Waals surface area contributed by atoms with Crippen LogP contribution in [-0.4, -0.2) is 18.5 Å². The van der Waals surface area contributed by atoms with Gasteiger partial charge in [0, 0.05) is 24.0 Å². The highest BCUT2D eigenvalue weighted by atomic mass is 35.5. The number of halogens is 2. The molecule has 0 saturated heterocycles. The molecule has 1 aromatic carbocycles. The number of amides is 1. The number of hydrogen-bond acceptors (Lipinski definition) is 2. The molecule has 0 bridgehead atoms. The lowest BCUT2D eigenvalue weighted by molar-refractivity contribution is -0.121. The summed E-state index contributed by atoms with van der Waals surface area (Å²) < 4.78 is 0. The van der Waals surface area contributed by atoms with E-state index in [1.54, 1.807) is 18.2 Å².